The fourth-order valence-electron chi connectivity index (χ4n) is 4.49. The Morgan fingerprint density at radius 2 is 0.642 bits per heavy atom. The van der Waals surface area contributed by atoms with Crippen molar-refractivity contribution in [3.05, 3.63) is 0 Å². The second-order valence-electron chi connectivity index (χ2n) is 11.8. The van der Waals surface area contributed by atoms with E-state index in [0.29, 0.717) is 0 Å². The summed E-state index contributed by atoms with van der Waals surface area (Å²) in [6.07, 6.45) is -64.1. The quantitative estimate of drug-likeness (QED) is 0.171. The molecule has 5 unspecified atom stereocenters. The SMILES string of the molecule is CC(CO)CC(CC(CC(F)(C(F)(F)F)C(F)(F)F)C(F)(F)F)C(F)(F)F.OCCCC(CC(CC(F)(C(F)(F)F)C(F)(F)F)C(F)(F)F)C(F)(F)F. The Labute approximate surface area is 280 Å². The lowest BCUT2D eigenvalue weighted by molar-refractivity contribution is -0.354. The van der Waals surface area contributed by atoms with Crippen LogP contribution in [0.5, 0.6) is 0 Å². The van der Waals surface area contributed by atoms with Crippen molar-refractivity contribution in [2.24, 2.45) is 29.6 Å². The van der Waals surface area contributed by atoms with E-state index in [-0.39, 0.29) is 0 Å². The van der Waals surface area contributed by atoms with E-state index in [1.54, 1.807) is 0 Å². The maximum atomic E-state index is 13.6. The van der Waals surface area contributed by atoms with Crippen molar-refractivity contribution in [1.29, 1.82) is 0 Å². The first-order chi connectivity index (χ1) is 22.9. The average molecular weight is 854 g/mol. The largest absolute Gasteiger partial charge is 0.431 e. The van der Waals surface area contributed by atoms with Crippen LogP contribution in [0.3, 0.4) is 0 Å². The molecule has 0 aromatic heterocycles. The molecular formula is C25H28F26O2. The van der Waals surface area contributed by atoms with Gasteiger partial charge in [0, 0.05) is 26.1 Å². The molecule has 53 heavy (non-hydrogen) atoms. The molecule has 0 aliphatic heterocycles. The molecule has 28 heteroatoms. The fourth-order valence-corrected chi connectivity index (χ4v) is 4.49. The molecule has 0 saturated carbocycles. The summed E-state index contributed by atoms with van der Waals surface area (Å²) < 4.78 is 330. The van der Waals surface area contributed by atoms with Gasteiger partial charge in [0.15, 0.2) is 0 Å². The zero-order chi connectivity index (χ0) is 43.3. The van der Waals surface area contributed by atoms with Gasteiger partial charge in [-0.1, -0.05) is 6.92 Å². The van der Waals surface area contributed by atoms with Gasteiger partial charge in [0.05, 0.1) is 23.7 Å². The first-order valence-electron chi connectivity index (χ1n) is 14.1. The molecule has 0 aromatic rings. The molecule has 0 amide bonds. The number of aliphatic hydroxyl groups excluding tert-OH is 2. The van der Waals surface area contributed by atoms with Crippen molar-refractivity contribution in [3.63, 3.8) is 0 Å². The van der Waals surface area contributed by atoms with Gasteiger partial charge >= 0.3 is 49.4 Å². The molecule has 0 bridgehead atoms. The molecule has 0 fully saturated rings. The summed E-state index contributed by atoms with van der Waals surface area (Å²) in [5, 5.41) is 17.1. The van der Waals surface area contributed by atoms with Gasteiger partial charge in [-0.25, -0.2) is 8.78 Å². The van der Waals surface area contributed by atoms with Crippen molar-refractivity contribution in [2.45, 2.75) is 113 Å². The molecule has 322 valence electrons. The molecule has 2 nitrogen and oxygen atoms in total. The highest BCUT2D eigenvalue weighted by Gasteiger charge is 2.75. The van der Waals surface area contributed by atoms with E-state index in [0.717, 1.165) is 6.92 Å². The van der Waals surface area contributed by atoms with E-state index < -0.39 is 148 Å². The molecule has 0 aliphatic rings. The molecular weight excluding hydrogens is 826 g/mol. The Balaban J connectivity index is 0. The van der Waals surface area contributed by atoms with Gasteiger partial charge < -0.3 is 10.2 Å². The van der Waals surface area contributed by atoms with Crippen LogP contribution in [0.15, 0.2) is 0 Å². The number of rotatable bonds is 14. The predicted octanol–water partition coefficient (Wildman–Crippen LogP) is 11.7. The zero-order valence-electron chi connectivity index (χ0n) is 26.0. The normalized spacial score (nSPS) is 17.8. The monoisotopic (exact) mass is 854 g/mol. The Kier molecular flexibility index (Phi) is 18.0. The molecule has 0 rings (SSSR count). The fraction of sp³-hybridized carbons (Fsp3) is 1.00. The standard InChI is InChI=1S/C13H15F13O.C12H13F13O/c1-6(5-27)2-7(10(15,16)17)3-8(11(18,19)20)4-9(14,12(21,22)23)13(24,25)26;13-8(11(20,21)22,12(23,24)25)5-7(10(17,18)19)4-6(2-1-3-26)9(14,15)16/h6-8,27H,2-5H2,1H3;6-7,26H,1-5H2. The van der Waals surface area contributed by atoms with Crippen molar-refractivity contribution in [3.8, 4) is 0 Å². The molecule has 0 radical (unpaired) electrons. The van der Waals surface area contributed by atoms with Gasteiger partial charge in [0.2, 0.25) is 0 Å². The van der Waals surface area contributed by atoms with Crippen LogP contribution in [0.25, 0.3) is 0 Å². The lowest BCUT2D eigenvalue weighted by Gasteiger charge is -2.35. The number of aliphatic hydroxyl groups is 2. The topological polar surface area (TPSA) is 40.5 Å². The van der Waals surface area contributed by atoms with E-state index in [4.69, 9.17) is 10.2 Å². The Morgan fingerprint density at radius 1 is 0.377 bits per heavy atom. The van der Waals surface area contributed by atoms with Crippen molar-refractivity contribution in [2.75, 3.05) is 13.2 Å². The van der Waals surface area contributed by atoms with Gasteiger partial charge in [-0.15, -0.1) is 0 Å². The maximum Gasteiger partial charge on any atom is 0.431 e. The van der Waals surface area contributed by atoms with Crippen LogP contribution in [-0.4, -0.2) is 84.2 Å². The summed E-state index contributed by atoms with van der Waals surface area (Å²) in [4.78, 5) is 0. The van der Waals surface area contributed by atoms with E-state index in [1.807, 2.05) is 0 Å². The molecule has 5 atom stereocenters. The highest BCUT2D eigenvalue weighted by molar-refractivity contribution is 4.99. The summed E-state index contributed by atoms with van der Waals surface area (Å²) in [6, 6.07) is 0. The van der Waals surface area contributed by atoms with E-state index in [9.17, 15) is 114 Å². The van der Waals surface area contributed by atoms with Gasteiger partial charge in [-0.3, -0.25) is 0 Å². The predicted molar refractivity (Wildman–Crippen MR) is 126 cm³/mol. The van der Waals surface area contributed by atoms with Crippen LogP contribution < -0.4 is 0 Å². The molecule has 0 spiro atoms. The van der Waals surface area contributed by atoms with Gasteiger partial charge in [-0.05, 0) is 38.0 Å². The third kappa shape index (κ3) is 15.6. The third-order valence-corrected chi connectivity index (χ3v) is 7.55. The minimum atomic E-state index is -6.82. The molecule has 0 aromatic carbocycles. The van der Waals surface area contributed by atoms with Gasteiger partial charge in [0.1, 0.15) is 0 Å². The Morgan fingerprint density at radius 3 is 0.849 bits per heavy atom. The van der Waals surface area contributed by atoms with Crippen LogP contribution in [0.2, 0.25) is 0 Å². The van der Waals surface area contributed by atoms with Gasteiger partial charge in [0.25, 0.3) is 11.3 Å². The van der Waals surface area contributed by atoms with Crippen LogP contribution in [-0.2, 0) is 0 Å². The van der Waals surface area contributed by atoms with E-state index >= 15 is 0 Å². The third-order valence-electron chi connectivity index (χ3n) is 7.55. The van der Waals surface area contributed by atoms with Crippen LogP contribution in [0.4, 0.5) is 114 Å². The number of hydrogen-bond donors (Lipinski definition) is 2. The van der Waals surface area contributed by atoms with Crippen molar-refractivity contribution in [1.82, 2.24) is 0 Å². The maximum absolute atomic E-state index is 13.6. The zero-order valence-corrected chi connectivity index (χ0v) is 26.0. The second-order valence-corrected chi connectivity index (χ2v) is 11.8. The van der Waals surface area contributed by atoms with Crippen molar-refractivity contribution >= 4 is 0 Å². The van der Waals surface area contributed by atoms with E-state index in [1.165, 1.54) is 0 Å². The summed E-state index contributed by atoms with van der Waals surface area (Å²) in [5.74, 6) is -14.9. The highest BCUT2D eigenvalue weighted by atomic mass is 19.5. The lowest BCUT2D eigenvalue weighted by Crippen LogP contribution is -2.55. The van der Waals surface area contributed by atoms with Crippen LogP contribution in [0.1, 0.15) is 51.9 Å². The Hall–Kier alpha value is -1.90. The molecule has 0 saturated heterocycles. The molecule has 0 aliphatic carbocycles. The van der Waals surface area contributed by atoms with Crippen molar-refractivity contribution < 1.29 is 124 Å². The molecule has 2 N–H and O–H groups in total. The van der Waals surface area contributed by atoms with Gasteiger partial charge in [-0.2, -0.15) is 105 Å². The second kappa shape index (κ2) is 17.9. The average Bonchev–Trinajstić information content (AvgIpc) is 2.88. The van der Waals surface area contributed by atoms with Crippen LogP contribution in [0, 0.1) is 29.6 Å². The number of halogens is 26. The summed E-state index contributed by atoms with van der Waals surface area (Å²) >= 11 is 0. The summed E-state index contributed by atoms with van der Waals surface area (Å²) in [7, 11) is 0. The van der Waals surface area contributed by atoms with E-state index in [2.05, 4.69) is 0 Å². The number of alkyl halides is 26. The minimum Gasteiger partial charge on any atom is -0.396 e. The minimum absolute atomic E-state index is 0.700. The molecule has 0 heterocycles. The Bertz CT molecular complexity index is 1030. The highest BCUT2D eigenvalue weighted by Crippen LogP contribution is 2.55. The summed E-state index contributed by atoms with van der Waals surface area (Å²) in [5.41, 5.74) is -12.7. The summed E-state index contributed by atoms with van der Waals surface area (Å²) in [6.45, 7) is -0.838. The first-order valence-corrected chi connectivity index (χ1v) is 14.1. The lowest BCUT2D eigenvalue weighted by atomic mass is 9.81. The smallest absolute Gasteiger partial charge is 0.396 e. The van der Waals surface area contributed by atoms with Crippen LogP contribution >= 0.6 is 0 Å². The number of hydrogen-bond acceptors (Lipinski definition) is 2. The first kappa shape index (κ1) is 53.2.